The molecule has 5 nitrogen and oxygen atoms in total. The number of halogens is 2. The van der Waals surface area contributed by atoms with Crippen molar-refractivity contribution in [2.24, 2.45) is 0 Å². The molecule has 1 aliphatic rings. The molecule has 2 aromatic rings. The third-order valence-corrected chi connectivity index (χ3v) is 4.52. The molecule has 0 amide bonds. The third kappa shape index (κ3) is 6.27. The summed E-state index contributed by atoms with van der Waals surface area (Å²) < 4.78 is 23.8. The Hall–Kier alpha value is -2.02. The number of anilines is 1. The lowest BCUT2D eigenvalue weighted by atomic mass is 10.2. The number of hydrogen-bond donors (Lipinski definition) is 1. The first-order chi connectivity index (χ1) is 12.6. The van der Waals surface area contributed by atoms with Crippen LogP contribution in [-0.4, -0.2) is 62.6 Å². The molecule has 1 fully saturated rings. The first kappa shape index (κ1) is 21.3. The molecule has 1 saturated heterocycles. The van der Waals surface area contributed by atoms with Gasteiger partial charge in [0.25, 0.3) is 0 Å². The van der Waals surface area contributed by atoms with E-state index in [-0.39, 0.29) is 24.8 Å². The van der Waals surface area contributed by atoms with E-state index >= 15 is 0 Å². The average molecular weight is 397 g/mol. The third-order valence-electron chi connectivity index (χ3n) is 4.52. The maximum absolute atomic E-state index is 13.0. The molecule has 0 aromatic heterocycles. The van der Waals surface area contributed by atoms with Crippen LogP contribution in [0, 0.1) is 5.82 Å². The van der Waals surface area contributed by atoms with Gasteiger partial charge in [0.15, 0.2) is 0 Å². The largest absolute Gasteiger partial charge is 0.497 e. The highest BCUT2D eigenvalue weighted by molar-refractivity contribution is 5.85. The Morgan fingerprint density at radius 1 is 1.04 bits per heavy atom. The molecule has 0 radical (unpaired) electrons. The number of β-amino-alcohol motifs (C(OH)–C–C–N with tert-alkyl or cyclic N) is 1. The van der Waals surface area contributed by atoms with Crippen molar-refractivity contribution in [1.29, 1.82) is 0 Å². The fourth-order valence-corrected chi connectivity index (χ4v) is 3.07. The number of hydrogen-bond acceptors (Lipinski definition) is 5. The molecular weight excluding hydrogens is 371 g/mol. The van der Waals surface area contributed by atoms with Gasteiger partial charge in [0.2, 0.25) is 0 Å². The number of ether oxygens (including phenoxy) is 2. The number of piperazine rings is 1. The highest BCUT2D eigenvalue weighted by atomic mass is 35.5. The van der Waals surface area contributed by atoms with Crippen LogP contribution < -0.4 is 14.4 Å². The maximum Gasteiger partial charge on any atom is 0.123 e. The summed E-state index contributed by atoms with van der Waals surface area (Å²) >= 11 is 0. The van der Waals surface area contributed by atoms with Crippen molar-refractivity contribution in [2.45, 2.75) is 6.10 Å². The number of benzene rings is 2. The van der Waals surface area contributed by atoms with Crippen molar-refractivity contribution < 1.29 is 19.0 Å². The average Bonchev–Trinajstić information content (AvgIpc) is 2.68. The highest BCUT2D eigenvalue weighted by Gasteiger charge is 2.19. The van der Waals surface area contributed by atoms with E-state index in [9.17, 15) is 9.50 Å². The van der Waals surface area contributed by atoms with Gasteiger partial charge in [-0.3, -0.25) is 4.90 Å². The van der Waals surface area contributed by atoms with Crippen LogP contribution in [0.25, 0.3) is 0 Å². The minimum absolute atomic E-state index is 0. The van der Waals surface area contributed by atoms with Crippen LogP contribution in [0.4, 0.5) is 10.1 Å². The van der Waals surface area contributed by atoms with Gasteiger partial charge >= 0.3 is 0 Å². The van der Waals surface area contributed by atoms with E-state index in [4.69, 9.17) is 9.47 Å². The lowest BCUT2D eigenvalue weighted by molar-refractivity contribution is 0.0662. The predicted molar refractivity (Wildman–Crippen MR) is 107 cm³/mol. The van der Waals surface area contributed by atoms with Gasteiger partial charge in [-0.1, -0.05) is 6.07 Å². The second-order valence-electron chi connectivity index (χ2n) is 6.41. The van der Waals surface area contributed by atoms with Crippen LogP contribution in [0.3, 0.4) is 0 Å². The fraction of sp³-hybridized carbons (Fsp3) is 0.400. The topological polar surface area (TPSA) is 45.2 Å². The van der Waals surface area contributed by atoms with Gasteiger partial charge < -0.3 is 19.5 Å². The van der Waals surface area contributed by atoms with Crippen LogP contribution in [0.5, 0.6) is 11.5 Å². The molecule has 3 rings (SSSR count). The maximum atomic E-state index is 13.0. The van der Waals surface area contributed by atoms with Crippen LogP contribution in [-0.2, 0) is 0 Å². The molecule has 0 saturated carbocycles. The van der Waals surface area contributed by atoms with Gasteiger partial charge in [-0.2, -0.15) is 0 Å². The quantitative estimate of drug-likeness (QED) is 0.779. The molecule has 2 aromatic carbocycles. The van der Waals surface area contributed by atoms with Crippen molar-refractivity contribution in [2.75, 3.05) is 51.3 Å². The second-order valence-corrected chi connectivity index (χ2v) is 6.41. The minimum Gasteiger partial charge on any atom is -0.497 e. The standard InChI is InChI=1S/C20H25FN2O3.ClH/c1-25-19-3-2-4-20(13-19)26-15-18(24)14-22-9-11-23(12-10-22)17-7-5-16(21)6-8-17;/h2-8,13,18,24H,9-12,14-15H2,1H3;1H. The molecule has 148 valence electrons. The van der Waals surface area contributed by atoms with Crippen molar-refractivity contribution in [3.63, 3.8) is 0 Å². The molecular formula is C20H26ClFN2O3. The van der Waals surface area contributed by atoms with Crippen LogP contribution in [0.2, 0.25) is 0 Å². The molecule has 27 heavy (non-hydrogen) atoms. The summed E-state index contributed by atoms with van der Waals surface area (Å²) in [5.74, 6) is 1.20. The molecule has 0 aliphatic carbocycles. The van der Waals surface area contributed by atoms with E-state index in [0.29, 0.717) is 12.3 Å². The summed E-state index contributed by atoms with van der Waals surface area (Å²) in [7, 11) is 1.61. The minimum atomic E-state index is -0.557. The lowest BCUT2D eigenvalue weighted by Gasteiger charge is -2.36. The molecule has 1 heterocycles. The zero-order valence-electron chi connectivity index (χ0n) is 15.4. The van der Waals surface area contributed by atoms with Gasteiger partial charge in [0, 0.05) is 44.5 Å². The Morgan fingerprint density at radius 2 is 1.70 bits per heavy atom. The van der Waals surface area contributed by atoms with Gasteiger partial charge in [-0.25, -0.2) is 4.39 Å². The Balaban J connectivity index is 0.00000261. The van der Waals surface area contributed by atoms with E-state index in [2.05, 4.69) is 9.80 Å². The monoisotopic (exact) mass is 396 g/mol. The first-order valence-electron chi connectivity index (χ1n) is 8.82. The molecule has 0 bridgehead atoms. The Morgan fingerprint density at radius 3 is 2.37 bits per heavy atom. The highest BCUT2D eigenvalue weighted by Crippen LogP contribution is 2.19. The summed E-state index contributed by atoms with van der Waals surface area (Å²) in [5, 5.41) is 10.2. The van der Waals surface area contributed by atoms with Crippen LogP contribution >= 0.6 is 12.4 Å². The van der Waals surface area contributed by atoms with Crippen molar-refractivity contribution in [3.8, 4) is 11.5 Å². The summed E-state index contributed by atoms with van der Waals surface area (Å²) in [4.78, 5) is 4.45. The SMILES string of the molecule is COc1cccc(OCC(O)CN2CCN(c3ccc(F)cc3)CC2)c1.Cl. The Bertz CT molecular complexity index is 694. The molecule has 0 spiro atoms. The van der Waals surface area contributed by atoms with Crippen molar-refractivity contribution in [1.82, 2.24) is 4.90 Å². The predicted octanol–water partition coefficient (Wildman–Crippen LogP) is 2.82. The normalized spacial score (nSPS) is 15.7. The zero-order valence-corrected chi connectivity index (χ0v) is 16.2. The zero-order chi connectivity index (χ0) is 18.4. The number of aliphatic hydroxyl groups is 1. The number of methoxy groups -OCH3 is 1. The number of rotatable bonds is 7. The second kappa shape index (κ2) is 10.3. The van der Waals surface area contributed by atoms with Crippen LogP contribution in [0.15, 0.2) is 48.5 Å². The first-order valence-corrected chi connectivity index (χ1v) is 8.82. The molecule has 1 N–H and O–H groups in total. The van der Waals surface area contributed by atoms with E-state index in [1.807, 2.05) is 30.3 Å². The van der Waals surface area contributed by atoms with E-state index in [1.165, 1.54) is 12.1 Å². The fourth-order valence-electron chi connectivity index (χ4n) is 3.07. The summed E-state index contributed by atoms with van der Waals surface area (Å²) in [5.41, 5.74) is 1.04. The van der Waals surface area contributed by atoms with Crippen molar-refractivity contribution >= 4 is 18.1 Å². The van der Waals surface area contributed by atoms with Gasteiger partial charge in [0.05, 0.1) is 7.11 Å². The smallest absolute Gasteiger partial charge is 0.123 e. The Kier molecular flexibility index (Phi) is 8.16. The molecule has 1 atom stereocenters. The Labute approximate surface area is 165 Å². The van der Waals surface area contributed by atoms with E-state index < -0.39 is 6.10 Å². The van der Waals surface area contributed by atoms with Gasteiger partial charge in [0.1, 0.15) is 30.0 Å². The number of nitrogens with zero attached hydrogens (tertiary/aromatic N) is 2. The number of aliphatic hydroxyl groups excluding tert-OH is 1. The summed E-state index contributed by atoms with van der Waals surface area (Å²) in [6, 6.07) is 13.9. The molecule has 1 aliphatic heterocycles. The van der Waals surface area contributed by atoms with Gasteiger partial charge in [-0.05, 0) is 36.4 Å². The van der Waals surface area contributed by atoms with Crippen molar-refractivity contribution in [3.05, 3.63) is 54.3 Å². The van der Waals surface area contributed by atoms with Crippen LogP contribution in [0.1, 0.15) is 0 Å². The molecule has 1 unspecified atom stereocenters. The lowest BCUT2D eigenvalue weighted by Crippen LogP contribution is -2.49. The summed E-state index contributed by atoms with van der Waals surface area (Å²) in [6.07, 6.45) is -0.557. The van der Waals surface area contributed by atoms with Gasteiger partial charge in [-0.15, -0.1) is 12.4 Å². The molecule has 7 heteroatoms. The van der Waals surface area contributed by atoms with E-state index in [0.717, 1.165) is 37.6 Å². The van der Waals surface area contributed by atoms with E-state index in [1.54, 1.807) is 13.2 Å². The summed E-state index contributed by atoms with van der Waals surface area (Å²) in [6.45, 7) is 4.23.